The molecule has 0 amide bonds. The Morgan fingerprint density at radius 1 is 0.821 bits per heavy atom. The summed E-state index contributed by atoms with van der Waals surface area (Å²) in [5.41, 5.74) is 0.00282. The van der Waals surface area contributed by atoms with Gasteiger partial charge >= 0.3 is 11.9 Å². The Morgan fingerprint density at radius 3 is 1.86 bits per heavy atom. The number of carboxylic acid groups (broad SMARTS) is 2. The van der Waals surface area contributed by atoms with Gasteiger partial charge in [-0.05, 0) is 19.4 Å². The molecule has 0 aliphatic heterocycles. The Balaban J connectivity index is 2.28. The number of aromatic carboxylic acids is 2. The molecule has 0 saturated heterocycles. The molecule has 0 aliphatic rings. The van der Waals surface area contributed by atoms with Crippen molar-refractivity contribution in [2.24, 2.45) is 0 Å². The van der Waals surface area contributed by atoms with Crippen molar-refractivity contribution in [1.82, 2.24) is 0 Å². The van der Waals surface area contributed by atoms with Crippen LogP contribution in [0.2, 0.25) is 0 Å². The summed E-state index contributed by atoms with van der Waals surface area (Å²) in [6, 6.07) is 16.1. The van der Waals surface area contributed by atoms with E-state index in [9.17, 15) is 19.8 Å². The third-order valence-electron chi connectivity index (χ3n) is 4.13. The minimum absolute atomic E-state index is 0.0143. The predicted molar refractivity (Wildman–Crippen MR) is 104 cm³/mol. The molecule has 2 N–H and O–H groups in total. The highest BCUT2D eigenvalue weighted by molar-refractivity contribution is 6.13. The number of fused-ring (bicyclic) bond motifs is 1. The maximum absolute atomic E-state index is 12.0. The fraction of sp³-hybridized carbons (Fsp3) is 0.182. The van der Waals surface area contributed by atoms with Gasteiger partial charge in [0.1, 0.15) is 29.2 Å². The van der Waals surface area contributed by atoms with E-state index in [4.69, 9.17) is 9.47 Å². The lowest BCUT2D eigenvalue weighted by Gasteiger charge is -2.20. The zero-order valence-electron chi connectivity index (χ0n) is 15.5. The van der Waals surface area contributed by atoms with Crippen LogP contribution in [-0.4, -0.2) is 28.3 Å². The van der Waals surface area contributed by atoms with E-state index >= 15 is 0 Å². The van der Waals surface area contributed by atoms with Gasteiger partial charge in [-0.25, -0.2) is 9.59 Å². The Morgan fingerprint density at radius 2 is 1.32 bits per heavy atom. The van der Waals surface area contributed by atoms with Gasteiger partial charge in [-0.1, -0.05) is 54.6 Å². The fourth-order valence-electron chi connectivity index (χ4n) is 3.02. The fourth-order valence-corrected chi connectivity index (χ4v) is 3.02. The lowest BCUT2D eigenvalue weighted by atomic mass is 9.97. The van der Waals surface area contributed by atoms with Crippen LogP contribution in [0.1, 0.15) is 40.1 Å². The van der Waals surface area contributed by atoms with Gasteiger partial charge in [0.05, 0.1) is 6.10 Å². The normalized spacial score (nSPS) is 10.8. The highest BCUT2D eigenvalue weighted by Gasteiger charge is 2.30. The lowest BCUT2D eigenvalue weighted by molar-refractivity contribution is 0.0642. The van der Waals surface area contributed by atoms with Gasteiger partial charge in [0.2, 0.25) is 0 Å². The topological polar surface area (TPSA) is 93.1 Å². The molecule has 3 rings (SSSR count). The Hall–Kier alpha value is -3.54. The molecule has 0 spiro atoms. The zero-order chi connectivity index (χ0) is 20.3. The number of rotatable bonds is 7. The highest BCUT2D eigenvalue weighted by atomic mass is 16.5. The quantitative estimate of drug-likeness (QED) is 0.622. The SMILES string of the molecule is CC(C)Oc1c(C(=O)O)c(C(=O)O)c(OCc2ccccc2)c2ccccc12. The summed E-state index contributed by atoms with van der Waals surface area (Å²) in [5.74, 6) is -2.73. The van der Waals surface area contributed by atoms with E-state index in [1.807, 2.05) is 30.3 Å². The predicted octanol–water partition coefficient (Wildman–Crippen LogP) is 4.60. The number of hydrogen-bond donors (Lipinski definition) is 2. The van der Waals surface area contributed by atoms with Crippen LogP contribution in [0.3, 0.4) is 0 Å². The van der Waals surface area contributed by atoms with Crippen LogP contribution in [0.5, 0.6) is 11.5 Å². The second-order valence-electron chi connectivity index (χ2n) is 6.51. The van der Waals surface area contributed by atoms with Gasteiger partial charge in [-0.3, -0.25) is 0 Å². The number of hydrogen-bond acceptors (Lipinski definition) is 4. The third-order valence-corrected chi connectivity index (χ3v) is 4.13. The van der Waals surface area contributed by atoms with Crippen molar-refractivity contribution in [3.8, 4) is 11.5 Å². The van der Waals surface area contributed by atoms with Gasteiger partial charge in [-0.15, -0.1) is 0 Å². The Bertz CT molecular complexity index is 1020. The molecular weight excluding hydrogens is 360 g/mol. The first-order valence-electron chi connectivity index (χ1n) is 8.78. The van der Waals surface area contributed by atoms with Gasteiger partial charge in [-0.2, -0.15) is 0 Å². The van der Waals surface area contributed by atoms with Gasteiger partial charge in [0, 0.05) is 10.8 Å². The molecule has 0 heterocycles. The van der Waals surface area contributed by atoms with Crippen molar-refractivity contribution in [1.29, 1.82) is 0 Å². The van der Waals surface area contributed by atoms with E-state index in [1.165, 1.54) is 0 Å². The van der Waals surface area contributed by atoms with E-state index < -0.39 is 23.1 Å². The third kappa shape index (κ3) is 3.76. The molecule has 6 nitrogen and oxygen atoms in total. The maximum Gasteiger partial charge on any atom is 0.340 e. The van der Waals surface area contributed by atoms with E-state index in [0.717, 1.165) is 5.56 Å². The van der Waals surface area contributed by atoms with Crippen molar-refractivity contribution in [3.63, 3.8) is 0 Å². The second kappa shape index (κ2) is 8.00. The summed E-state index contributed by atoms with van der Waals surface area (Å²) in [5, 5.41) is 20.6. The van der Waals surface area contributed by atoms with Crippen molar-refractivity contribution in [3.05, 3.63) is 71.3 Å². The van der Waals surface area contributed by atoms with E-state index in [0.29, 0.717) is 10.8 Å². The first kappa shape index (κ1) is 19.2. The molecule has 28 heavy (non-hydrogen) atoms. The molecule has 0 saturated carbocycles. The molecular formula is C22H20O6. The summed E-state index contributed by atoms with van der Waals surface area (Å²) in [4.78, 5) is 24.0. The van der Waals surface area contributed by atoms with Crippen molar-refractivity contribution in [2.45, 2.75) is 26.6 Å². The number of carboxylic acids is 2. The van der Waals surface area contributed by atoms with E-state index in [1.54, 1.807) is 38.1 Å². The van der Waals surface area contributed by atoms with E-state index in [-0.39, 0.29) is 24.2 Å². The minimum Gasteiger partial charge on any atom is -0.489 e. The van der Waals surface area contributed by atoms with E-state index in [2.05, 4.69) is 0 Å². The molecule has 0 radical (unpaired) electrons. The second-order valence-corrected chi connectivity index (χ2v) is 6.51. The van der Waals surface area contributed by atoms with Crippen LogP contribution in [0, 0.1) is 0 Å². The lowest BCUT2D eigenvalue weighted by Crippen LogP contribution is -2.16. The smallest absolute Gasteiger partial charge is 0.340 e. The van der Waals surface area contributed by atoms with Crippen molar-refractivity contribution in [2.75, 3.05) is 0 Å². The molecule has 0 aliphatic carbocycles. The number of carbonyl (C=O) groups is 2. The number of ether oxygens (including phenoxy) is 2. The molecule has 0 unspecified atom stereocenters. The number of benzene rings is 3. The van der Waals surface area contributed by atoms with Gasteiger partial charge in [0.25, 0.3) is 0 Å². The minimum atomic E-state index is -1.39. The molecule has 144 valence electrons. The summed E-state index contributed by atoms with van der Waals surface area (Å²) in [7, 11) is 0. The summed E-state index contributed by atoms with van der Waals surface area (Å²) in [6.45, 7) is 3.61. The summed E-state index contributed by atoms with van der Waals surface area (Å²) < 4.78 is 11.6. The van der Waals surface area contributed by atoms with Crippen LogP contribution in [0.4, 0.5) is 0 Å². The van der Waals surface area contributed by atoms with Crippen LogP contribution >= 0.6 is 0 Å². The molecule has 3 aromatic rings. The van der Waals surface area contributed by atoms with Crippen LogP contribution < -0.4 is 9.47 Å². The standard InChI is InChI=1S/C22H20O6/c1-13(2)28-20-16-11-7-6-10-15(16)19(17(21(23)24)18(20)22(25)26)27-12-14-8-4-3-5-9-14/h3-11,13H,12H2,1-2H3,(H,23,24)(H,25,26). The molecule has 3 aromatic carbocycles. The zero-order valence-corrected chi connectivity index (χ0v) is 15.5. The first-order valence-corrected chi connectivity index (χ1v) is 8.78. The van der Waals surface area contributed by atoms with Crippen LogP contribution in [0.25, 0.3) is 10.8 Å². The molecule has 0 atom stereocenters. The average molecular weight is 380 g/mol. The van der Waals surface area contributed by atoms with Crippen LogP contribution in [-0.2, 0) is 6.61 Å². The summed E-state index contributed by atoms with van der Waals surface area (Å²) in [6.07, 6.45) is -0.334. The van der Waals surface area contributed by atoms with Gasteiger partial charge < -0.3 is 19.7 Å². The monoisotopic (exact) mass is 380 g/mol. The largest absolute Gasteiger partial charge is 0.489 e. The first-order chi connectivity index (χ1) is 13.4. The van der Waals surface area contributed by atoms with Gasteiger partial charge in [0.15, 0.2) is 0 Å². The van der Waals surface area contributed by atoms with Crippen molar-refractivity contribution < 1.29 is 29.3 Å². The van der Waals surface area contributed by atoms with Crippen molar-refractivity contribution >= 4 is 22.7 Å². The average Bonchev–Trinajstić information content (AvgIpc) is 2.66. The maximum atomic E-state index is 12.0. The Kier molecular flexibility index (Phi) is 5.49. The molecule has 0 fully saturated rings. The Labute approximate surface area is 161 Å². The van der Waals surface area contributed by atoms with Crippen LogP contribution in [0.15, 0.2) is 54.6 Å². The molecule has 6 heteroatoms. The summed E-state index contributed by atoms with van der Waals surface area (Å²) >= 11 is 0. The molecule has 0 bridgehead atoms. The highest BCUT2D eigenvalue weighted by Crippen LogP contribution is 2.41. The molecule has 0 aromatic heterocycles.